The van der Waals surface area contributed by atoms with Crippen molar-refractivity contribution in [2.75, 3.05) is 0 Å². The van der Waals surface area contributed by atoms with Crippen LogP contribution in [0.4, 0.5) is 0 Å². The van der Waals surface area contributed by atoms with Crippen molar-refractivity contribution in [2.45, 2.75) is 89.5 Å². The van der Waals surface area contributed by atoms with Gasteiger partial charge in [-0.25, -0.2) is 0 Å². The fourth-order valence-electron chi connectivity index (χ4n) is 7.77. The first kappa shape index (κ1) is 16.9. The monoisotopic (exact) mass is 382 g/mol. The zero-order chi connectivity index (χ0) is 16.6. The van der Waals surface area contributed by atoms with Gasteiger partial charge >= 0.3 is 0 Å². The molecular formula is C21H35BrO. The van der Waals surface area contributed by atoms with Crippen molar-refractivity contribution >= 4 is 15.9 Å². The zero-order valence-electron chi connectivity index (χ0n) is 15.4. The minimum Gasteiger partial charge on any atom is -0.391 e. The Hall–Kier alpha value is 0.440. The third-order valence-corrected chi connectivity index (χ3v) is 9.94. The summed E-state index contributed by atoms with van der Waals surface area (Å²) in [5, 5.41) is 11.0. The number of halogens is 1. The number of aliphatic hydroxyl groups excluding tert-OH is 1. The molecule has 0 aromatic heterocycles. The highest BCUT2D eigenvalue weighted by Gasteiger charge is 2.64. The van der Waals surface area contributed by atoms with Gasteiger partial charge in [0.05, 0.1) is 6.10 Å². The van der Waals surface area contributed by atoms with Crippen molar-refractivity contribution in [3.8, 4) is 0 Å². The summed E-state index contributed by atoms with van der Waals surface area (Å²) >= 11 is 3.89. The van der Waals surface area contributed by atoms with Crippen LogP contribution >= 0.6 is 15.9 Å². The van der Waals surface area contributed by atoms with Crippen LogP contribution in [0.2, 0.25) is 0 Å². The minimum atomic E-state index is -0.183. The third-order valence-electron chi connectivity index (χ3n) is 9.18. The van der Waals surface area contributed by atoms with Crippen LogP contribution in [0.5, 0.6) is 0 Å². The molecule has 9 atom stereocenters. The highest BCUT2D eigenvalue weighted by Crippen LogP contribution is 2.68. The topological polar surface area (TPSA) is 20.2 Å². The number of alkyl halides is 1. The molecule has 0 unspecified atom stereocenters. The highest BCUT2D eigenvalue weighted by molar-refractivity contribution is 9.10. The van der Waals surface area contributed by atoms with E-state index >= 15 is 0 Å². The van der Waals surface area contributed by atoms with E-state index in [0.29, 0.717) is 5.41 Å². The van der Waals surface area contributed by atoms with Gasteiger partial charge in [0.15, 0.2) is 0 Å². The van der Waals surface area contributed by atoms with Crippen LogP contribution in [0.3, 0.4) is 0 Å². The molecule has 1 nitrogen and oxygen atoms in total. The lowest BCUT2D eigenvalue weighted by molar-refractivity contribution is -0.126. The molecule has 4 saturated carbocycles. The van der Waals surface area contributed by atoms with Gasteiger partial charge in [0, 0.05) is 4.32 Å². The summed E-state index contributed by atoms with van der Waals surface area (Å²) < 4.78 is -0.0693. The first-order valence-corrected chi connectivity index (χ1v) is 10.8. The molecule has 0 radical (unpaired) electrons. The number of fused-ring (bicyclic) bond motifs is 5. The van der Waals surface area contributed by atoms with E-state index in [1.54, 1.807) is 0 Å². The van der Waals surface area contributed by atoms with Crippen LogP contribution in [-0.2, 0) is 0 Å². The quantitative estimate of drug-likeness (QED) is 0.525. The summed E-state index contributed by atoms with van der Waals surface area (Å²) in [7, 11) is 0. The molecule has 0 spiro atoms. The molecule has 0 aromatic rings. The molecule has 4 aliphatic rings. The number of hydrogen-bond acceptors (Lipinski definition) is 1. The van der Waals surface area contributed by atoms with Gasteiger partial charge in [-0.15, -0.1) is 0 Å². The summed E-state index contributed by atoms with van der Waals surface area (Å²) in [6.07, 6.45) is 10.8. The molecule has 0 bridgehead atoms. The third kappa shape index (κ3) is 2.26. The van der Waals surface area contributed by atoms with Gasteiger partial charge in [-0.3, -0.25) is 0 Å². The first-order chi connectivity index (χ1) is 10.7. The van der Waals surface area contributed by atoms with Crippen LogP contribution in [0.25, 0.3) is 0 Å². The maximum absolute atomic E-state index is 11.0. The molecule has 0 aliphatic heterocycles. The molecular weight excluding hydrogens is 348 g/mol. The Morgan fingerprint density at radius 1 is 0.913 bits per heavy atom. The Morgan fingerprint density at radius 2 is 1.61 bits per heavy atom. The summed E-state index contributed by atoms with van der Waals surface area (Å²) in [5.41, 5.74) is 0.734. The smallest absolute Gasteiger partial charge is 0.0746 e. The van der Waals surface area contributed by atoms with Crippen molar-refractivity contribution in [2.24, 2.45) is 40.4 Å². The lowest BCUT2D eigenvalue weighted by Gasteiger charge is -2.60. The number of hydrogen-bond donors (Lipinski definition) is 1. The van der Waals surface area contributed by atoms with Gasteiger partial charge in [-0.1, -0.05) is 43.1 Å². The van der Waals surface area contributed by atoms with Crippen molar-refractivity contribution in [1.82, 2.24) is 0 Å². The summed E-state index contributed by atoms with van der Waals surface area (Å²) in [6.45, 7) is 9.73. The maximum atomic E-state index is 11.0. The van der Waals surface area contributed by atoms with E-state index in [1.807, 2.05) is 0 Å². The first-order valence-electron chi connectivity index (χ1n) is 10.1. The average Bonchev–Trinajstić information content (AvgIpc) is 2.68. The lowest BCUT2D eigenvalue weighted by Crippen LogP contribution is -2.54. The predicted molar refractivity (Wildman–Crippen MR) is 99.6 cm³/mol. The fraction of sp³-hybridized carbons (Fsp3) is 1.00. The summed E-state index contributed by atoms with van der Waals surface area (Å²) in [4.78, 5) is 0. The predicted octanol–water partition coefficient (Wildman–Crippen LogP) is 5.79. The van der Waals surface area contributed by atoms with Crippen molar-refractivity contribution in [3.63, 3.8) is 0 Å². The van der Waals surface area contributed by atoms with Crippen LogP contribution < -0.4 is 0 Å². The van der Waals surface area contributed by atoms with E-state index in [4.69, 9.17) is 0 Å². The second kappa shape index (κ2) is 5.22. The standard InChI is InChI=1S/C21H35BrO/c1-13-7-9-19(2)14(11-13)5-6-15-16(19)8-10-20(3)17(15)12-21(4,22)18(20)23/h13-18,23H,5-12H2,1-4H3/t13-,14-,15+,16-,17-,18+,19-,20-,21+/m0/s1. The van der Waals surface area contributed by atoms with Gasteiger partial charge < -0.3 is 5.11 Å². The Bertz CT molecular complexity index is 488. The van der Waals surface area contributed by atoms with E-state index < -0.39 is 0 Å². The minimum absolute atomic E-state index is 0.0693. The van der Waals surface area contributed by atoms with E-state index in [0.717, 1.165) is 29.6 Å². The molecule has 23 heavy (non-hydrogen) atoms. The lowest BCUT2D eigenvalue weighted by atomic mass is 9.44. The average molecular weight is 383 g/mol. The molecule has 0 saturated heterocycles. The maximum Gasteiger partial charge on any atom is 0.0746 e. The summed E-state index contributed by atoms with van der Waals surface area (Å²) in [5.74, 6) is 4.41. The Morgan fingerprint density at radius 3 is 2.35 bits per heavy atom. The van der Waals surface area contributed by atoms with Crippen molar-refractivity contribution in [1.29, 1.82) is 0 Å². The molecule has 4 aliphatic carbocycles. The van der Waals surface area contributed by atoms with E-state index in [2.05, 4.69) is 43.6 Å². The van der Waals surface area contributed by atoms with Gasteiger partial charge in [-0.2, -0.15) is 0 Å². The fourth-order valence-corrected chi connectivity index (χ4v) is 8.65. The van der Waals surface area contributed by atoms with Crippen LogP contribution in [-0.4, -0.2) is 15.5 Å². The molecule has 0 heterocycles. The van der Waals surface area contributed by atoms with E-state index in [9.17, 15) is 5.11 Å². The number of rotatable bonds is 0. The van der Waals surface area contributed by atoms with Gasteiger partial charge in [0.25, 0.3) is 0 Å². The van der Waals surface area contributed by atoms with E-state index in [-0.39, 0.29) is 15.8 Å². The second-order valence-electron chi connectivity index (χ2n) is 10.5. The SMILES string of the molecule is C[C@H]1CC[C@@]2(C)[C@@H](CC[C@@H]3[C@@H]2CC[C@]2(C)[C@@H](O)[C@](C)(Br)C[C@@H]32)C1. The number of aliphatic hydroxyl groups is 1. The highest BCUT2D eigenvalue weighted by atomic mass is 79.9. The van der Waals surface area contributed by atoms with Crippen LogP contribution in [0.15, 0.2) is 0 Å². The molecule has 132 valence electrons. The Labute approximate surface area is 151 Å². The molecule has 2 heteroatoms. The molecule has 0 aromatic carbocycles. The molecule has 4 fully saturated rings. The Kier molecular flexibility index (Phi) is 3.83. The van der Waals surface area contributed by atoms with E-state index in [1.165, 1.54) is 51.4 Å². The van der Waals surface area contributed by atoms with Crippen LogP contribution in [0, 0.1) is 40.4 Å². The molecule has 1 N–H and O–H groups in total. The second-order valence-corrected chi connectivity index (χ2v) is 12.3. The largest absolute Gasteiger partial charge is 0.391 e. The Balaban J connectivity index is 1.65. The molecule has 0 amide bonds. The normalized spacial score (nSPS) is 62.3. The van der Waals surface area contributed by atoms with Gasteiger partial charge in [-0.05, 0) is 92.3 Å². The summed E-state index contributed by atoms with van der Waals surface area (Å²) in [6, 6.07) is 0. The van der Waals surface area contributed by atoms with Crippen molar-refractivity contribution < 1.29 is 5.11 Å². The van der Waals surface area contributed by atoms with Gasteiger partial charge in [0.1, 0.15) is 0 Å². The van der Waals surface area contributed by atoms with Crippen LogP contribution in [0.1, 0.15) is 79.1 Å². The van der Waals surface area contributed by atoms with Crippen molar-refractivity contribution in [3.05, 3.63) is 0 Å². The molecule has 4 rings (SSSR count). The zero-order valence-corrected chi connectivity index (χ0v) is 17.0. The van der Waals surface area contributed by atoms with Gasteiger partial charge in [0.2, 0.25) is 0 Å².